The fourth-order valence-corrected chi connectivity index (χ4v) is 3.35. The molecule has 1 N–H and O–H groups in total. The Hall–Kier alpha value is -0.200. The Morgan fingerprint density at radius 1 is 1.17 bits per heavy atom. The molecule has 24 heavy (non-hydrogen) atoms. The Morgan fingerprint density at radius 3 is 2.33 bits per heavy atom. The summed E-state index contributed by atoms with van der Waals surface area (Å²) in [4.78, 5) is 2.30. The highest BCUT2D eigenvalue weighted by Gasteiger charge is 2.35. The summed E-state index contributed by atoms with van der Waals surface area (Å²) in [6.45, 7) is 3.53. The largest absolute Gasteiger partial charge is 0.417 e. The van der Waals surface area contributed by atoms with Crippen LogP contribution in [-0.4, -0.2) is 31.1 Å². The number of benzene rings is 1. The Balaban J connectivity index is 0.00000144. The third-order valence-corrected chi connectivity index (χ3v) is 4.86. The van der Waals surface area contributed by atoms with Gasteiger partial charge in [0.1, 0.15) is 0 Å². The number of alkyl halides is 3. The average molecular weight is 406 g/mol. The van der Waals surface area contributed by atoms with E-state index in [0.29, 0.717) is 5.92 Å². The van der Waals surface area contributed by atoms with Crippen LogP contribution in [0.5, 0.6) is 0 Å². The van der Waals surface area contributed by atoms with Crippen molar-refractivity contribution in [1.82, 2.24) is 10.2 Å². The fourth-order valence-electron chi connectivity index (χ4n) is 3.13. The molecule has 1 aromatic rings. The van der Waals surface area contributed by atoms with Crippen LogP contribution in [0, 0.1) is 5.92 Å². The zero-order valence-electron chi connectivity index (χ0n) is 13.1. The number of rotatable bonds is 4. The summed E-state index contributed by atoms with van der Waals surface area (Å²) in [5.74, 6) is 0.657. The highest BCUT2D eigenvalue weighted by molar-refractivity contribution is 6.31. The number of nitrogens with one attached hydrogen (secondary N) is 1. The lowest BCUT2D eigenvalue weighted by molar-refractivity contribution is -0.137. The van der Waals surface area contributed by atoms with Crippen LogP contribution in [0.4, 0.5) is 13.2 Å². The summed E-state index contributed by atoms with van der Waals surface area (Å²) in [7, 11) is 0. The lowest BCUT2D eigenvalue weighted by Gasteiger charge is -2.35. The molecule has 1 saturated carbocycles. The molecule has 1 heterocycles. The number of hydrogen-bond acceptors (Lipinski definition) is 2. The second kappa shape index (κ2) is 8.95. The molecule has 138 valence electrons. The molecular weight excluding hydrogens is 384 g/mol. The highest BCUT2D eigenvalue weighted by Crippen LogP contribution is 2.42. The van der Waals surface area contributed by atoms with Crippen molar-refractivity contribution in [2.75, 3.05) is 26.2 Å². The molecule has 0 aromatic heterocycles. The molecule has 1 aromatic carbocycles. The monoisotopic (exact) mass is 404 g/mol. The van der Waals surface area contributed by atoms with Crippen LogP contribution in [0.1, 0.15) is 36.4 Å². The maximum atomic E-state index is 13.1. The standard InChI is InChI=1S/C16H20ClF3N2.2ClH/c17-14-4-3-12(10-13(14)16(18,19)20)15(9-11-1-2-11)22-7-5-21-6-8-22;;/h3-4,10-11,15,21H,1-2,5-9H2;2*1H/t15-;;/m1../s1. The molecule has 2 nitrogen and oxygen atoms in total. The van der Waals surface area contributed by atoms with E-state index in [2.05, 4.69) is 10.2 Å². The molecule has 2 fully saturated rings. The smallest absolute Gasteiger partial charge is 0.314 e. The van der Waals surface area contributed by atoms with Crippen molar-refractivity contribution in [3.05, 3.63) is 34.3 Å². The summed E-state index contributed by atoms with van der Waals surface area (Å²) < 4.78 is 39.3. The quantitative estimate of drug-likeness (QED) is 0.762. The van der Waals surface area contributed by atoms with Gasteiger partial charge in [0.25, 0.3) is 0 Å². The van der Waals surface area contributed by atoms with Gasteiger partial charge in [-0.1, -0.05) is 30.5 Å². The van der Waals surface area contributed by atoms with E-state index in [1.54, 1.807) is 6.07 Å². The minimum atomic E-state index is -4.40. The van der Waals surface area contributed by atoms with E-state index in [1.807, 2.05) is 0 Å². The van der Waals surface area contributed by atoms with E-state index in [1.165, 1.54) is 25.0 Å². The van der Waals surface area contributed by atoms with Gasteiger partial charge in [-0.15, -0.1) is 24.8 Å². The molecule has 0 radical (unpaired) electrons. The molecule has 0 amide bonds. The van der Waals surface area contributed by atoms with Crippen LogP contribution in [0.25, 0.3) is 0 Å². The van der Waals surface area contributed by atoms with E-state index in [-0.39, 0.29) is 35.9 Å². The van der Waals surface area contributed by atoms with E-state index >= 15 is 0 Å². The Bertz CT molecular complexity index is 530. The number of hydrogen-bond donors (Lipinski definition) is 1. The van der Waals surface area contributed by atoms with Gasteiger partial charge in [0.15, 0.2) is 0 Å². The van der Waals surface area contributed by atoms with Gasteiger partial charge in [0.05, 0.1) is 10.6 Å². The lowest BCUT2D eigenvalue weighted by Crippen LogP contribution is -2.45. The molecule has 1 aliphatic heterocycles. The maximum Gasteiger partial charge on any atom is 0.417 e. The van der Waals surface area contributed by atoms with E-state index in [4.69, 9.17) is 11.6 Å². The topological polar surface area (TPSA) is 15.3 Å². The summed E-state index contributed by atoms with van der Waals surface area (Å²) >= 11 is 5.75. The first-order chi connectivity index (χ1) is 10.4. The Morgan fingerprint density at radius 2 is 1.79 bits per heavy atom. The maximum absolute atomic E-state index is 13.1. The van der Waals surface area contributed by atoms with E-state index < -0.39 is 11.7 Å². The van der Waals surface area contributed by atoms with Gasteiger partial charge in [-0.05, 0) is 30.0 Å². The van der Waals surface area contributed by atoms with Gasteiger partial charge >= 0.3 is 6.18 Å². The molecule has 0 bridgehead atoms. The molecule has 0 unspecified atom stereocenters. The summed E-state index contributed by atoms with van der Waals surface area (Å²) in [5, 5.41) is 3.07. The molecule has 0 spiro atoms. The summed E-state index contributed by atoms with van der Waals surface area (Å²) in [6, 6.07) is 4.46. The van der Waals surface area contributed by atoms with Crippen molar-refractivity contribution in [3.8, 4) is 0 Å². The van der Waals surface area contributed by atoms with Gasteiger partial charge in [0.2, 0.25) is 0 Å². The Labute approximate surface area is 157 Å². The van der Waals surface area contributed by atoms with Crippen LogP contribution >= 0.6 is 36.4 Å². The minimum Gasteiger partial charge on any atom is -0.314 e. The van der Waals surface area contributed by atoms with Gasteiger partial charge in [-0.3, -0.25) is 4.90 Å². The second-order valence-electron chi connectivity index (χ2n) is 6.22. The predicted molar refractivity (Wildman–Crippen MR) is 95.5 cm³/mol. The SMILES string of the molecule is Cl.Cl.FC(F)(F)c1cc([C@@H](CC2CC2)N2CCNCC2)ccc1Cl. The molecule has 8 heteroatoms. The highest BCUT2D eigenvalue weighted by atomic mass is 35.5. The van der Waals surface area contributed by atoms with Gasteiger partial charge < -0.3 is 5.32 Å². The minimum absolute atomic E-state index is 0. The second-order valence-corrected chi connectivity index (χ2v) is 6.63. The predicted octanol–water partition coefficient (Wildman–Crippen LogP) is 4.95. The van der Waals surface area contributed by atoms with Crippen LogP contribution in [0.3, 0.4) is 0 Å². The molecule has 2 aliphatic rings. The lowest BCUT2D eigenvalue weighted by atomic mass is 9.97. The van der Waals surface area contributed by atoms with E-state index in [0.717, 1.165) is 38.2 Å². The first kappa shape index (κ1) is 21.8. The zero-order valence-corrected chi connectivity index (χ0v) is 15.5. The molecule has 1 atom stereocenters. The van der Waals surface area contributed by atoms with Crippen LogP contribution in [0.2, 0.25) is 5.02 Å². The number of piperazine rings is 1. The van der Waals surface area contributed by atoms with Crippen molar-refractivity contribution >= 4 is 36.4 Å². The Kier molecular flexibility index (Phi) is 8.14. The summed E-state index contributed by atoms with van der Waals surface area (Å²) in [5.41, 5.74) is 0.0214. The average Bonchev–Trinajstić information content (AvgIpc) is 3.29. The number of nitrogens with zero attached hydrogens (tertiary/aromatic N) is 1. The molecule has 1 saturated heterocycles. The van der Waals surface area contributed by atoms with Gasteiger partial charge in [-0.2, -0.15) is 13.2 Å². The van der Waals surface area contributed by atoms with Crippen molar-refractivity contribution in [2.24, 2.45) is 5.92 Å². The van der Waals surface area contributed by atoms with Crippen molar-refractivity contribution < 1.29 is 13.2 Å². The zero-order chi connectivity index (χ0) is 15.7. The normalized spacial score (nSPS) is 20.0. The molecular formula is C16H22Cl3F3N2. The van der Waals surface area contributed by atoms with Crippen LogP contribution in [-0.2, 0) is 6.18 Å². The third-order valence-electron chi connectivity index (χ3n) is 4.53. The van der Waals surface area contributed by atoms with Crippen LogP contribution in [0.15, 0.2) is 18.2 Å². The van der Waals surface area contributed by atoms with Crippen LogP contribution < -0.4 is 5.32 Å². The van der Waals surface area contributed by atoms with Gasteiger partial charge in [0, 0.05) is 32.2 Å². The molecule has 1 aliphatic carbocycles. The third kappa shape index (κ3) is 5.40. The molecule has 3 rings (SSSR count). The van der Waals surface area contributed by atoms with Gasteiger partial charge in [-0.25, -0.2) is 0 Å². The summed E-state index contributed by atoms with van der Waals surface area (Å²) in [6.07, 6.45) is -1.07. The van der Waals surface area contributed by atoms with Crippen molar-refractivity contribution in [3.63, 3.8) is 0 Å². The van der Waals surface area contributed by atoms with Crippen molar-refractivity contribution in [2.45, 2.75) is 31.5 Å². The van der Waals surface area contributed by atoms with E-state index in [9.17, 15) is 13.2 Å². The first-order valence-corrected chi connectivity index (χ1v) is 8.14. The fraction of sp³-hybridized carbons (Fsp3) is 0.625. The number of halogens is 6. The first-order valence-electron chi connectivity index (χ1n) is 7.76. The van der Waals surface area contributed by atoms with Crippen molar-refractivity contribution in [1.29, 1.82) is 0 Å².